The minimum atomic E-state index is -0.606. The molecule has 0 bridgehead atoms. The average Bonchev–Trinajstić information content (AvgIpc) is 2.75. The van der Waals surface area contributed by atoms with E-state index < -0.39 is 17.6 Å². The number of aromatic nitrogens is 1. The molecule has 2 aromatic carbocycles. The maximum absolute atomic E-state index is 13.8. The molecule has 4 rings (SSSR count). The highest BCUT2D eigenvalue weighted by Crippen LogP contribution is 2.21. The van der Waals surface area contributed by atoms with E-state index in [1.165, 1.54) is 18.3 Å². The monoisotopic (exact) mass is 495 g/mol. The highest BCUT2D eigenvalue weighted by atomic mass is 79.9. The predicted octanol–water partition coefficient (Wildman–Crippen LogP) is 4.52. The fourth-order valence-corrected chi connectivity index (χ4v) is 3.38. The summed E-state index contributed by atoms with van der Waals surface area (Å²) in [6, 6.07) is 13.5. The van der Waals surface area contributed by atoms with E-state index >= 15 is 0 Å². The van der Waals surface area contributed by atoms with Gasteiger partial charge in [-0.3, -0.25) is 15.0 Å². The van der Waals surface area contributed by atoms with Crippen molar-refractivity contribution in [1.29, 1.82) is 5.41 Å². The van der Waals surface area contributed by atoms with Gasteiger partial charge in [0.15, 0.2) is 0 Å². The van der Waals surface area contributed by atoms with Crippen molar-refractivity contribution in [3.8, 4) is 0 Å². The number of hydrogen-bond acceptors (Lipinski definition) is 4. The Balaban J connectivity index is 1.49. The standard InChI is InChI=1S/C23H19BrFN5O2/c24-16-6-9-20(27-13-16)29-23(32)18-12-17(25)7-8-19(18)28-22(31)15-4-2-14(3-5-15)21(26)30-10-1-11-30/h2-9,12-13,26H,1,10-11H2,(H,28,31)(H,27,29,32). The van der Waals surface area contributed by atoms with E-state index in [0.29, 0.717) is 17.2 Å². The number of benzene rings is 2. The van der Waals surface area contributed by atoms with Crippen LogP contribution in [0.3, 0.4) is 0 Å². The Morgan fingerprint density at radius 3 is 2.31 bits per heavy atom. The van der Waals surface area contributed by atoms with Crippen LogP contribution in [0.1, 0.15) is 32.7 Å². The molecule has 3 N–H and O–H groups in total. The second-order valence-electron chi connectivity index (χ2n) is 7.23. The molecule has 2 heterocycles. The molecule has 0 unspecified atom stereocenters. The van der Waals surface area contributed by atoms with Gasteiger partial charge < -0.3 is 15.5 Å². The maximum Gasteiger partial charge on any atom is 0.259 e. The van der Waals surface area contributed by atoms with Crippen LogP contribution in [0, 0.1) is 11.2 Å². The van der Waals surface area contributed by atoms with Crippen LogP contribution in [0.5, 0.6) is 0 Å². The van der Waals surface area contributed by atoms with E-state index in [4.69, 9.17) is 5.41 Å². The highest BCUT2D eigenvalue weighted by Gasteiger charge is 2.19. The van der Waals surface area contributed by atoms with Gasteiger partial charge in [0.2, 0.25) is 0 Å². The molecule has 162 valence electrons. The number of nitrogens with one attached hydrogen (secondary N) is 3. The van der Waals surface area contributed by atoms with E-state index in [-0.39, 0.29) is 11.3 Å². The number of anilines is 2. The van der Waals surface area contributed by atoms with E-state index in [1.807, 2.05) is 4.90 Å². The number of carbonyl (C=O) groups excluding carboxylic acids is 2. The summed E-state index contributed by atoms with van der Waals surface area (Å²) in [7, 11) is 0. The fourth-order valence-electron chi connectivity index (χ4n) is 3.14. The number of amidine groups is 1. The van der Waals surface area contributed by atoms with Crippen molar-refractivity contribution in [3.63, 3.8) is 0 Å². The molecule has 7 nitrogen and oxygen atoms in total. The zero-order chi connectivity index (χ0) is 22.7. The number of halogens is 2. The van der Waals surface area contributed by atoms with Crippen LogP contribution >= 0.6 is 15.9 Å². The molecule has 0 aliphatic carbocycles. The van der Waals surface area contributed by atoms with E-state index in [2.05, 4.69) is 31.5 Å². The first-order valence-corrected chi connectivity index (χ1v) is 10.7. The molecule has 9 heteroatoms. The van der Waals surface area contributed by atoms with Crippen molar-refractivity contribution in [1.82, 2.24) is 9.88 Å². The zero-order valence-corrected chi connectivity index (χ0v) is 18.4. The molecular formula is C23H19BrFN5O2. The van der Waals surface area contributed by atoms with Crippen molar-refractivity contribution in [3.05, 3.63) is 87.8 Å². The number of rotatable bonds is 5. The van der Waals surface area contributed by atoms with Gasteiger partial charge in [0.05, 0.1) is 11.3 Å². The lowest BCUT2D eigenvalue weighted by Gasteiger charge is -2.33. The molecule has 2 amide bonds. The molecule has 32 heavy (non-hydrogen) atoms. The summed E-state index contributed by atoms with van der Waals surface area (Å²) in [4.78, 5) is 31.5. The van der Waals surface area contributed by atoms with Gasteiger partial charge in [-0.25, -0.2) is 9.37 Å². The summed E-state index contributed by atoms with van der Waals surface area (Å²) in [6.07, 6.45) is 2.60. The third-order valence-electron chi connectivity index (χ3n) is 5.04. The number of nitrogens with zero attached hydrogens (tertiary/aromatic N) is 2. The van der Waals surface area contributed by atoms with Crippen molar-refractivity contribution in [2.45, 2.75) is 6.42 Å². The molecule has 1 aliphatic heterocycles. The van der Waals surface area contributed by atoms with Crippen LogP contribution in [0.4, 0.5) is 15.9 Å². The Hall–Kier alpha value is -3.59. The van der Waals surface area contributed by atoms with Crippen molar-refractivity contribution in [2.24, 2.45) is 0 Å². The van der Waals surface area contributed by atoms with Crippen molar-refractivity contribution < 1.29 is 14.0 Å². The van der Waals surface area contributed by atoms with Gasteiger partial charge in [-0.1, -0.05) is 12.1 Å². The van der Waals surface area contributed by atoms with Crippen LogP contribution in [0.2, 0.25) is 0 Å². The van der Waals surface area contributed by atoms with Gasteiger partial charge in [0.25, 0.3) is 11.8 Å². The number of amides is 2. The predicted molar refractivity (Wildman–Crippen MR) is 124 cm³/mol. The van der Waals surface area contributed by atoms with E-state index in [1.54, 1.807) is 36.4 Å². The fraction of sp³-hybridized carbons (Fsp3) is 0.130. The summed E-state index contributed by atoms with van der Waals surface area (Å²) < 4.78 is 14.6. The third kappa shape index (κ3) is 4.83. The van der Waals surface area contributed by atoms with Gasteiger partial charge in [-0.05, 0) is 64.8 Å². The smallest absolute Gasteiger partial charge is 0.259 e. The Bertz CT molecular complexity index is 1180. The largest absolute Gasteiger partial charge is 0.356 e. The lowest BCUT2D eigenvalue weighted by Crippen LogP contribution is -2.42. The summed E-state index contributed by atoms with van der Waals surface area (Å²) in [6.45, 7) is 1.73. The molecule has 1 saturated heterocycles. The maximum atomic E-state index is 13.8. The molecular weight excluding hydrogens is 477 g/mol. The molecule has 0 saturated carbocycles. The van der Waals surface area contributed by atoms with Crippen LogP contribution < -0.4 is 10.6 Å². The number of hydrogen-bond donors (Lipinski definition) is 3. The van der Waals surface area contributed by atoms with Crippen molar-refractivity contribution >= 4 is 45.1 Å². The number of pyridine rings is 1. The SMILES string of the molecule is N=C(c1ccc(C(=O)Nc2ccc(F)cc2C(=O)Nc2ccc(Br)cn2)cc1)N1CCC1. The zero-order valence-electron chi connectivity index (χ0n) is 16.9. The van der Waals surface area contributed by atoms with Gasteiger partial charge >= 0.3 is 0 Å². The van der Waals surface area contributed by atoms with Crippen LogP contribution in [-0.4, -0.2) is 40.6 Å². The molecule has 1 aliphatic rings. The highest BCUT2D eigenvalue weighted by molar-refractivity contribution is 9.10. The van der Waals surface area contributed by atoms with E-state index in [0.717, 1.165) is 35.6 Å². The second-order valence-corrected chi connectivity index (χ2v) is 8.14. The minimum absolute atomic E-state index is 0.0285. The Morgan fingerprint density at radius 2 is 1.69 bits per heavy atom. The van der Waals surface area contributed by atoms with Gasteiger partial charge in [0, 0.05) is 34.9 Å². The second kappa shape index (κ2) is 9.27. The lowest BCUT2D eigenvalue weighted by atomic mass is 10.1. The summed E-state index contributed by atoms with van der Waals surface area (Å²) in [5.74, 6) is -0.935. The van der Waals surface area contributed by atoms with Gasteiger partial charge in [-0.2, -0.15) is 0 Å². The number of carbonyl (C=O) groups is 2. The quantitative estimate of drug-likeness (QED) is 0.358. The average molecular weight is 496 g/mol. The molecule has 1 aromatic heterocycles. The molecule has 0 spiro atoms. The molecule has 0 atom stereocenters. The number of likely N-dealkylation sites (tertiary alicyclic amines) is 1. The lowest BCUT2D eigenvalue weighted by molar-refractivity contribution is 0.102. The first-order valence-electron chi connectivity index (χ1n) is 9.88. The Morgan fingerprint density at radius 1 is 0.969 bits per heavy atom. The first-order chi connectivity index (χ1) is 15.4. The molecule has 0 radical (unpaired) electrons. The Kier molecular flexibility index (Phi) is 6.27. The van der Waals surface area contributed by atoms with Crippen molar-refractivity contribution in [2.75, 3.05) is 23.7 Å². The Labute approximate surface area is 192 Å². The van der Waals surface area contributed by atoms with Crippen LogP contribution in [0.25, 0.3) is 0 Å². The normalized spacial score (nSPS) is 12.6. The topological polar surface area (TPSA) is 98.2 Å². The summed E-state index contributed by atoms with van der Waals surface area (Å²) >= 11 is 3.27. The van der Waals surface area contributed by atoms with Crippen LogP contribution in [0.15, 0.2) is 65.3 Å². The third-order valence-corrected chi connectivity index (χ3v) is 5.51. The first kappa shape index (κ1) is 21.6. The van der Waals surface area contributed by atoms with Gasteiger partial charge in [0.1, 0.15) is 17.5 Å². The molecule has 3 aromatic rings. The summed E-state index contributed by atoms with van der Waals surface area (Å²) in [5, 5.41) is 13.4. The molecule has 1 fully saturated rings. The van der Waals surface area contributed by atoms with Crippen LogP contribution in [-0.2, 0) is 0 Å². The summed E-state index contributed by atoms with van der Waals surface area (Å²) in [5.41, 5.74) is 1.23. The minimum Gasteiger partial charge on any atom is -0.356 e. The van der Waals surface area contributed by atoms with E-state index in [9.17, 15) is 14.0 Å². The van der Waals surface area contributed by atoms with Gasteiger partial charge in [-0.15, -0.1) is 0 Å².